The van der Waals surface area contributed by atoms with Crippen LogP contribution in [0.5, 0.6) is 0 Å². The number of aromatic amines is 1. The topological polar surface area (TPSA) is 70.8 Å². The second kappa shape index (κ2) is 6.39. The van der Waals surface area contributed by atoms with Crippen LogP contribution in [-0.2, 0) is 6.42 Å². The summed E-state index contributed by atoms with van der Waals surface area (Å²) in [6, 6.07) is 0.325. The minimum Gasteiger partial charge on any atom is -0.339 e. The first-order valence-corrected chi connectivity index (χ1v) is 7.79. The van der Waals surface area contributed by atoms with Crippen molar-refractivity contribution in [3.05, 3.63) is 29.7 Å². The van der Waals surface area contributed by atoms with E-state index in [1.54, 1.807) is 0 Å². The lowest BCUT2D eigenvalue weighted by Gasteiger charge is -2.21. The average Bonchev–Trinajstić information content (AvgIpc) is 3.20. The van der Waals surface area contributed by atoms with Crippen molar-refractivity contribution in [2.75, 3.05) is 13.1 Å². The van der Waals surface area contributed by atoms with Crippen molar-refractivity contribution in [1.29, 1.82) is 0 Å². The zero-order chi connectivity index (χ0) is 14.7. The van der Waals surface area contributed by atoms with E-state index < -0.39 is 0 Å². The molecular weight excluding hydrogens is 266 g/mol. The molecule has 0 radical (unpaired) electrons. The molecule has 3 rings (SSSR count). The number of aryl methyl sites for hydroxylation is 1. The molecule has 1 saturated heterocycles. The van der Waals surface area contributed by atoms with Crippen molar-refractivity contribution < 1.29 is 4.52 Å². The van der Waals surface area contributed by atoms with E-state index in [4.69, 9.17) is 4.52 Å². The Morgan fingerprint density at radius 2 is 2.38 bits per heavy atom. The fourth-order valence-corrected chi connectivity index (χ4v) is 2.90. The van der Waals surface area contributed by atoms with Gasteiger partial charge in [-0.15, -0.1) is 0 Å². The number of aromatic nitrogens is 4. The third-order valence-corrected chi connectivity index (χ3v) is 4.08. The van der Waals surface area contributed by atoms with Gasteiger partial charge in [-0.05, 0) is 44.3 Å². The summed E-state index contributed by atoms with van der Waals surface area (Å²) < 4.78 is 5.35. The lowest BCUT2D eigenvalue weighted by atomic mass is 10.1. The van der Waals surface area contributed by atoms with Gasteiger partial charge in [0, 0.05) is 12.1 Å². The van der Waals surface area contributed by atoms with Gasteiger partial charge >= 0.3 is 0 Å². The Labute approximate surface area is 124 Å². The summed E-state index contributed by atoms with van der Waals surface area (Å²) in [5, 5.41) is 11.0. The van der Waals surface area contributed by atoms with Crippen molar-refractivity contribution >= 4 is 0 Å². The van der Waals surface area contributed by atoms with Gasteiger partial charge < -0.3 is 4.52 Å². The normalized spacial score (nSPS) is 19.7. The quantitative estimate of drug-likeness (QED) is 0.885. The van der Waals surface area contributed by atoms with E-state index in [1.807, 2.05) is 12.4 Å². The van der Waals surface area contributed by atoms with Gasteiger partial charge in [0.2, 0.25) is 5.89 Å². The van der Waals surface area contributed by atoms with Gasteiger partial charge in [-0.3, -0.25) is 10.00 Å². The molecule has 114 valence electrons. The maximum Gasteiger partial charge on any atom is 0.229 e. The van der Waals surface area contributed by atoms with Crippen LogP contribution in [0.25, 0.3) is 0 Å². The Balaban J connectivity index is 1.56. The molecule has 1 atom stereocenters. The summed E-state index contributed by atoms with van der Waals surface area (Å²) in [6.07, 6.45) is 8.39. The van der Waals surface area contributed by atoms with E-state index in [-0.39, 0.29) is 0 Å². The molecule has 0 unspecified atom stereocenters. The lowest BCUT2D eigenvalue weighted by Crippen LogP contribution is -2.25. The molecule has 0 amide bonds. The Morgan fingerprint density at radius 1 is 1.48 bits per heavy atom. The number of rotatable bonds is 6. The van der Waals surface area contributed by atoms with Crippen molar-refractivity contribution in [2.24, 2.45) is 0 Å². The SMILES string of the molecule is CC(C)c1nc([C@H]2CCCN2CCCc2cn[nH]c2)no1. The summed E-state index contributed by atoms with van der Waals surface area (Å²) in [6.45, 7) is 6.35. The molecule has 3 heterocycles. The highest BCUT2D eigenvalue weighted by Crippen LogP contribution is 2.30. The monoisotopic (exact) mass is 289 g/mol. The molecule has 0 saturated carbocycles. The Morgan fingerprint density at radius 3 is 3.10 bits per heavy atom. The van der Waals surface area contributed by atoms with Crippen LogP contribution in [-0.4, -0.2) is 38.3 Å². The Hall–Kier alpha value is -1.69. The lowest BCUT2D eigenvalue weighted by molar-refractivity contribution is 0.239. The largest absolute Gasteiger partial charge is 0.339 e. The van der Waals surface area contributed by atoms with Crippen LogP contribution in [0.2, 0.25) is 0 Å². The van der Waals surface area contributed by atoms with Crippen LogP contribution in [0, 0.1) is 0 Å². The van der Waals surface area contributed by atoms with Crippen LogP contribution in [0.3, 0.4) is 0 Å². The summed E-state index contributed by atoms with van der Waals surface area (Å²) >= 11 is 0. The molecule has 2 aromatic heterocycles. The van der Waals surface area contributed by atoms with Crippen LogP contribution in [0.15, 0.2) is 16.9 Å². The zero-order valence-corrected chi connectivity index (χ0v) is 12.7. The van der Waals surface area contributed by atoms with Gasteiger partial charge in [-0.2, -0.15) is 10.1 Å². The van der Waals surface area contributed by atoms with Crippen LogP contribution >= 0.6 is 0 Å². The molecule has 0 aromatic carbocycles. The van der Waals surface area contributed by atoms with E-state index in [0.717, 1.165) is 44.1 Å². The number of likely N-dealkylation sites (tertiary alicyclic amines) is 1. The van der Waals surface area contributed by atoms with Crippen molar-refractivity contribution in [2.45, 2.75) is 51.5 Å². The van der Waals surface area contributed by atoms with Crippen molar-refractivity contribution in [1.82, 2.24) is 25.2 Å². The van der Waals surface area contributed by atoms with Gasteiger partial charge in [0.25, 0.3) is 0 Å². The maximum absolute atomic E-state index is 5.35. The molecule has 0 bridgehead atoms. The maximum atomic E-state index is 5.35. The van der Waals surface area contributed by atoms with Gasteiger partial charge in [0.1, 0.15) is 0 Å². The molecular formula is C15H23N5O. The third kappa shape index (κ3) is 3.32. The molecule has 1 fully saturated rings. The fraction of sp³-hybridized carbons (Fsp3) is 0.667. The molecule has 1 N–H and O–H groups in total. The molecule has 1 aliphatic rings. The minimum atomic E-state index is 0.294. The summed E-state index contributed by atoms with van der Waals surface area (Å²) in [5.74, 6) is 1.90. The summed E-state index contributed by atoms with van der Waals surface area (Å²) in [7, 11) is 0. The van der Waals surface area contributed by atoms with Crippen molar-refractivity contribution in [3.8, 4) is 0 Å². The number of hydrogen-bond donors (Lipinski definition) is 1. The fourth-order valence-electron chi connectivity index (χ4n) is 2.90. The second-order valence-corrected chi connectivity index (χ2v) is 6.05. The smallest absolute Gasteiger partial charge is 0.229 e. The number of H-pyrrole nitrogens is 1. The van der Waals surface area contributed by atoms with E-state index in [0.29, 0.717) is 12.0 Å². The first-order chi connectivity index (χ1) is 10.2. The van der Waals surface area contributed by atoms with Gasteiger partial charge in [0.15, 0.2) is 5.82 Å². The number of nitrogens with one attached hydrogen (secondary N) is 1. The molecule has 0 spiro atoms. The highest BCUT2D eigenvalue weighted by atomic mass is 16.5. The van der Waals surface area contributed by atoms with Crippen LogP contribution in [0.4, 0.5) is 0 Å². The number of hydrogen-bond acceptors (Lipinski definition) is 5. The first-order valence-electron chi connectivity index (χ1n) is 7.79. The first kappa shape index (κ1) is 14.3. The van der Waals surface area contributed by atoms with Gasteiger partial charge in [0.05, 0.1) is 12.2 Å². The van der Waals surface area contributed by atoms with Crippen molar-refractivity contribution in [3.63, 3.8) is 0 Å². The Bertz CT molecular complexity index is 548. The zero-order valence-electron chi connectivity index (χ0n) is 12.7. The average molecular weight is 289 g/mol. The third-order valence-electron chi connectivity index (χ3n) is 4.08. The molecule has 6 nitrogen and oxygen atoms in total. The van der Waals surface area contributed by atoms with E-state index in [2.05, 4.69) is 39.1 Å². The molecule has 21 heavy (non-hydrogen) atoms. The highest BCUT2D eigenvalue weighted by Gasteiger charge is 2.29. The molecule has 1 aliphatic heterocycles. The Kier molecular flexibility index (Phi) is 4.34. The predicted molar refractivity (Wildman–Crippen MR) is 78.8 cm³/mol. The van der Waals surface area contributed by atoms with E-state index in [9.17, 15) is 0 Å². The predicted octanol–water partition coefficient (Wildman–Crippen LogP) is 2.69. The summed E-state index contributed by atoms with van der Waals surface area (Å²) in [4.78, 5) is 7.05. The van der Waals surface area contributed by atoms with Gasteiger partial charge in [-0.25, -0.2) is 0 Å². The minimum absolute atomic E-state index is 0.294. The van der Waals surface area contributed by atoms with E-state index in [1.165, 1.54) is 12.0 Å². The van der Waals surface area contributed by atoms with Crippen LogP contribution < -0.4 is 0 Å². The van der Waals surface area contributed by atoms with Gasteiger partial charge in [-0.1, -0.05) is 19.0 Å². The molecule has 0 aliphatic carbocycles. The summed E-state index contributed by atoms with van der Waals surface area (Å²) in [5.41, 5.74) is 1.27. The standard InChI is InChI=1S/C15H23N5O/c1-11(2)15-18-14(19-21-15)13-6-4-8-20(13)7-3-5-12-9-16-17-10-12/h9-11,13H,3-8H2,1-2H3,(H,16,17)/t13-/m1/s1. The van der Waals surface area contributed by atoms with E-state index >= 15 is 0 Å². The van der Waals surface area contributed by atoms with Crippen LogP contribution in [0.1, 0.15) is 62.3 Å². The number of nitrogens with zero attached hydrogens (tertiary/aromatic N) is 4. The molecule has 6 heteroatoms. The highest BCUT2D eigenvalue weighted by molar-refractivity contribution is 5.03. The second-order valence-electron chi connectivity index (χ2n) is 6.05. The molecule has 2 aromatic rings.